The Morgan fingerprint density at radius 2 is 1.25 bits per heavy atom. The van der Waals surface area contributed by atoms with Gasteiger partial charge in [0.05, 0.1) is 30.4 Å². The van der Waals surface area contributed by atoms with Crippen molar-refractivity contribution in [1.29, 1.82) is 0 Å². The van der Waals surface area contributed by atoms with Gasteiger partial charge in [-0.15, -0.1) is 0 Å². The fraction of sp³-hybridized carbons (Fsp3) is 0.412. The van der Waals surface area contributed by atoms with E-state index in [0.717, 1.165) is 21.6 Å². The quantitative estimate of drug-likeness (QED) is 0.119. The number of amides is 2. The Kier molecular flexibility index (Phi) is 11.9. The van der Waals surface area contributed by atoms with Crippen molar-refractivity contribution in [3.63, 3.8) is 0 Å². The van der Waals surface area contributed by atoms with Gasteiger partial charge in [-0.2, -0.15) is 0 Å². The van der Waals surface area contributed by atoms with Crippen LogP contribution in [0.2, 0.25) is 0 Å². The number of likely N-dealkylation sites (tertiary alicyclic amines) is 1. The zero-order valence-corrected chi connectivity index (χ0v) is 26.7. The molecule has 2 saturated heterocycles. The third kappa shape index (κ3) is 8.49. The van der Waals surface area contributed by atoms with Crippen molar-refractivity contribution >= 4 is 34.4 Å². The van der Waals surface area contributed by atoms with Gasteiger partial charge in [-0.25, -0.2) is 4.39 Å². The van der Waals surface area contributed by atoms with E-state index < -0.39 is 37.0 Å². The highest BCUT2D eigenvalue weighted by molar-refractivity contribution is 14.1. The van der Waals surface area contributed by atoms with E-state index in [-0.39, 0.29) is 48.4 Å². The highest BCUT2D eigenvalue weighted by Crippen LogP contribution is 2.34. The van der Waals surface area contributed by atoms with Crippen LogP contribution in [0.5, 0.6) is 0 Å². The van der Waals surface area contributed by atoms with Crippen molar-refractivity contribution in [2.24, 2.45) is 0 Å². The first-order valence-corrected chi connectivity index (χ1v) is 16.0. The molecule has 0 saturated carbocycles. The van der Waals surface area contributed by atoms with Crippen LogP contribution >= 0.6 is 22.6 Å². The highest BCUT2D eigenvalue weighted by atomic mass is 127. The number of carbonyl (C=O) groups is 2. The number of halogens is 2. The topological polar surface area (TPSA) is 83.5 Å². The summed E-state index contributed by atoms with van der Waals surface area (Å²) in [5, 5.41) is 0. The molecule has 2 amide bonds. The molecule has 10 heteroatoms. The maximum absolute atomic E-state index is 16.1. The van der Waals surface area contributed by atoms with E-state index in [2.05, 4.69) is 22.6 Å². The van der Waals surface area contributed by atoms with Crippen LogP contribution < -0.4 is 0 Å². The van der Waals surface area contributed by atoms with E-state index in [4.69, 9.17) is 23.7 Å². The number of benzene rings is 3. The summed E-state index contributed by atoms with van der Waals surface area (Å²) in [5.74, 6) is -0.692. The van der Waals surface area contributed by atoms with E-state index in [1.165, 1.54) is 0 Å². The molecule has 3 aromatic rings. The Morgan fingerprint density at radius 3 is 1.75 bits per heavy atom. The molecule has 3 aromatic carbocycles. The molecule has 2 unspecified atom stereocenters. The summed E-state index contributed by atoms with van der Waals surface area (Å²) in [7, 11) is 0. The van der Waals surface area contributed by atoms with Crippen LogP contribution in [-0.2, 0) is 53.1 Å². The molecule has 0 spiro atoms. The smallest absolute Gasteiger partial charge is 0.231 e. The molecular weight excluding hydrogens is 680 g/mol. The minimum Gasteiger partial charge on any atom is -0.374 e. The van der Waals surface area contributed by atoms with E-state index in [9.17, 15) is 9.59 Å². The predicted octanol–water partition coefficient (Wildman–Crippen LogP) is 5.75. The number of ether oxygens (including phenoxy) is 5. The molecule has 8 nitrogen and oxygen atoms in total. The van der Waals surface area contributed by atoms with Crippen LogP contribution in [0.3, 0.4) is 0 Å². The molecule has 0 bridgehead atoms. The minimum atomic E-state index is -1.94. The zero-order chi connectivity index (χ0) is 30.9. The molecular formula is C34H37FINO7. The Hall–Kier alpha value is -2.74. The van der Waals surface area contributed by atoms with Crippen LogP contribution in [0.4, 0.5) is 4.39 Å². The summed E-state index contributed by atoms with van der Waals surface area (Å²) in [6, 6.07) is 28.8. The van der Waals surface area contributed by atoms with Crippen LogP contribution in [0.25, 0.3) is 0 Å². The fourth-order valence-electron chi connectivity index (χ4n) is 5.35. The fourth-order valence-corrected chi connectivity index (χ4v) is 5.84. The second kappa shape index (κ2) is 16.0. The summed E-state index contributed by atoms with van der Waals surface area (Å²) in [6.07, 6.45) is -6.65. The number of hydrogen-bond donors (Lipinski definition) is 0. The third-order valence-electron chi connectivity index (χ3n) is 7.58. The number of hydrogen-bond acceptors (Lipinski definition) is 7. The number of alkyl halides is 2. The molecule has 0 radical (unpaired) electrons. The van der Waals surface area contributed by atoms with Gasteiger partial charge in [0.25, 0.3) is 0 Å². The molecule has 2 aliphatic rings. The van der Waals surface area contributed by atoms with Gasteiger partial charge in [0.15, 0.2) is 6.23 Å². The highest BCUT2D eigenvalue weighted by Gasteiger charge is 2.51. The number of nitrogens with zero attached hydrogens (tertiary/aromatic N) is 1. The van der Waals surface area contributed by atoms with Crippen LogP contribution in [-0.4, -0.2) is 64.2 Å². The van der Waals surface area contributed by atoms with Crippen LogP contribution in [0.15, 0.2) is 91.0 Å². The van der Waals surface area contributed by atoms with E-state index in [1.54, 1.807) is 0 Å². The standard InChI is InChI=1S/C34H37FINO7/c1-23(36)34(37-28(38)17-18-29(37)39)44-32-31(42-21-26-15-9-4-10-16-26)30(41-20-25-13-7-3-8-14-25)27(43-33(32)35)22-40-19-24-11-5-2-6-12-24/h2-16,23,27,30-34H,17-22H2,1H3/t23?,27-,30-,31+,32+,33+,34?/m1/s1. The van der Waals surface area contributed by atoms with Gasteiger partial charge in [-0.3, -0.25) is 14.5 Å². The summed E-state index contributed by atoms with van der Waals surface area (Å²) in [4.78, 5) is 26.5. The SMILES string of the molecule is CC(I)C(O[C@H]1[C@@H](OCc2ccccc2)[C@H](OCc2ccccc2)[C@@H](COCc2ccccc2)O[C@@H]1F)N1C(=O)CCC1=O. The molecule has 2 fully saturated rings. The maximum Gasteiger partial charge on any atom is 0.231 e. The molecule has 7 atom stereocenters. The molecule has 234 valence electrons. The lowest BCUT2D eigenvalue weighted by atomic mass is 9.98. The normalized spacial score (nSPS) is 25.2. The van der Waals surface area contributed by atoms with Gasteiger partial charge in [-0.05, 0) is 23.6 Å². The largest absolute Gasteiger partial charge is 0.374 e. The van der Waals surface area contributed by atoms with Crippen LogP contribution in [0, 0.1) is 0 Å². The first-order valence-electron chi connectivity index (χ1n) is 14.8. The average molecular weight is 718 g/mol. The van der Waals surface area contributed by atoms with Gasteiger partial charge in [0, 0.05) is 12.8 Å². The van der Waals surface area contributed by atoms with Gasteiger partial charge in [0.1, 0.15) is 24.4 Å². The molecule has 44 heavy (non-hydrogen) atoms. The van der Waals surface area contributed by atoms with Crippen molar-refractivity contribution < 1.29 is 37.7 Å². The Bertz CT molecular complexity index is 1320. The number of rotatable bonds is 14. The van der Waals surface area contributed by atoms with Gasteiger partial charge in [0.2, 0.25) is 18.2 Å². The van der Waals surface area contributed by atoms with Crippen molar-refractivity contribution in [2.75, 3.05) is 6.61 Å². The average Bonchev–Trinajstić information content (AvgIpc) is 3.37. The van der Waals surface area contributed by atoms with Gasteiger partial charge in [-0.1, -0.05) is 114 Å². The second-order valence-corrected chi connectivity index (χ2v) is 12.8. The van der Waals surface area contributed by atoms with E-state index in [0.29, 0.717) is 6.61 Å². The van der Waals surface area contributed by atoms with Crippen molar-refractivity contribution in [3.05, 3.63) is 108 Å². The summed E-state index contributed by atoms with van der Waals surface area (Å²) in [5.41, 5.74) is 2.78. The Labute approximate surface area is 270 Å². The van der Waals surface area contributed by atoms with Crippen molar-refractivity contribution in [1.82, 2.24) is 4.90 Å². The minimum absolute atomic E-state index is 0.0436. The second-order valence-electron chi connectivity index (χ2n) is 10.9. The predicted molar refractivity (Wildman–Crippen MR) is 169 cm³/mol. The lowest BCUT2D eigenvalue weighted by Gasteiger charge is -2.45. The van der Waals surface area contributed by atoms with Crippen molar-refractivity contribution in [2.45, 2.75) is 80.5 Å². The number of carbonyl (C=O) groups excluding carboxylic acids is 2. The van der Waals surface area contributed by atoms with Crippen LogP contribution in [0.1, 0.15) is 36.5 Å². The first kappa shape index (κ1) is 32.6. The molecule has 2 heterocycles. The van der Waals surface area contributed by atoms with E-state index >= 15 is 4.39 Å². The summed E-state index contributed by atoms with van der Waals surface area (Å²) >= 11 is 2.09. The molecule has 0 N–H and O–H groups in total. The molecule has 0 aromatic heterocycles. The lowest BCUT2D eigenvalue weighted by molar-refractivity contribution is -0.308. The van der Waals surface area contributed by atoms with Crippen molar-refractivity contribution in [3.8, 4) is 0 Å². The maximum atomic E-state index is 16.1. The molecule has 5 rings (SSSR count). The zero-order valence-electron chi connectivity index (χ0n) is 24.5. The summed E-state index contributed by atoms with van der Waals surface area (Å²) in [6.45, 7) is 2.54. The Balaban J connectivity index is 1.42. The monoisotopic (exact) mass is 717 g/mol. The first-order chi connectivity index (χ1) is 21.4. The Morgan fingerprint density at radius 1 is 0.773 bits per heavy atom. The third-order valence-corrected chi connectivity index (χ3v) is 8.19. The van der Waals surface area contributed by atoms with E-state index in [1.807, 2.05) is 97.9 Å². The van der Waals surface area contributed by atoms with Gasteiger partial charge < -0.3 is 23.7 Å². The number of imide groups is 1. The molecule has 2 aliphatic heterocycles. The lowest BCUT2D eigenvalue weighted by Crippen LogP contribution is -2.62. The molecule has 0 aliphatic carbocycles. The summed E-state index contributed by atoms with van der Waals surface area (Å²) < 4.78 is 46.9. The van der Waals surface area contributed by atoms with Gasteiger partial charge >= 0.3 is 0 Å².